The molecule has 4 heteroatoms. The molecule has 0 saturated heterocycles. The highest BCUT2D eigenvalue weighted by molar-refractivity contribution is 6.18. The molecule has 0 aliphatic heterocycles. The zero-order valence-corrected chi connectivity index (χ0v) is 9.84. The van der Waals surface area contributed by atoms with Gasteiger partial charge in [0.15, 0.2) is 0 Å². The van der Waals surface area contributed by atoms with Gasteiger partial charge in [0, 0.05) is 26.0 Å². The summed E-state index contributed by atoms with van der Waals surface area (Å²) in [4.78, 5) is 13.2. The Labute approximate surface area is 91.1 Å². The molecule has 82 valence electrons. The van der Waals surface area contributed by atoms with E-state index in [4.69, 9.17) is 11.6 Å². The van der Waals surface area contributed by atoms with E-state index in [0.29, 0.717) is 12.4 Å². The Bertz CT molecular complexity index is 195. The first kappa shape index (κ1) is 13.5. The van der Waals surface area contributed by atoms with Gasteiger partial charge in [-0.1, -0.05) is 12.2 Å². The van der Waals surface area contributed by atoms with Crippen molar-refractivity contribution in [3.05, 3.63) is 12.2 Å². The van der Waals surface area contributed by atoms with Crippen LogP contribution in [-0.4, -0.2) is 42.9 Å². The molecule has 1 amide bonds. The molecule has 0 aromatic rings. The van der Waals surface area contributed by atoms with Crippen molar-refractivity contribution in [1.82, 2.24) is 10.2 Å². The molecule has 1 N–H and O–H groups in total. The quantitative estimate of drug-likeness (QED) is 0.538. The van der Waals surface area contributed by atoms with Crippen LogP contribution in [0, 0.1) is 0 Å². The first-order chi connectivity index (χ1) is 6.63. The zero-order valence-electron chi connectivity index (χ0n) is 9.09. The second kappa shape index (κ2) is 7.83. The Morgan fingerprint density at radius 2 is 2.21 bits per heavy atom. The summed E-state index contributed by atoms with van der Waals surface area (Å²) in [6.45, 7) is 5.24. The third kappa shape index (κ3) is 5.25. The number of halogens is 1. The van der Waals surface area contributed by atoms with Gasteiger partial charge in [0.05, 0.1) is 6.04 Å². The van der Waals surface area contributed by atoms with E-state index in [1.165, 1.54) is 0 Å². The van der Waals surface area contributed by atoms with Crippen LogP contribution in [0.1, 0.15) is 13.8 Å². The fraction of sp³-hybridized carbons (Fsp3) is 0.700. The molecule has 0 spiro atoms. The van der Waals surface area contributed by atoms with E-state index in [0.717, 1.165) is 6.54 Å². The molecular weight excluding hydrogens is 200 g/mol. The maximum absolute atomic E-state index is 11.6. The van der Waals surface area contributed by atoms with Gasteiger partial charge in [0.25, 0.3) is 0 Å². The summed E-state index contributed by atoms with van der Waals surface area (Å²) in [6.07, 6.45) is 3.78. The van der Waals surface area contributed by atoms with Crippen molar-refractivity contribution in [2.45, 2.75) is 19.9 Å². The number of alkyl halides is 1. The van der Waals surface area contributed by atoms with Crippen LogP contribution < -0.4 is 5.32 Å². The summed E-state index contributed by atoms with van der Waals surface area (Å²) in [6, 6.07) is -0.139. The lowest BCUT2D eigenvalue weighted by Crippen LogP contribution is -2.43. The minimum Gasteiger partial charge on any atom is -0.345 e. The minimum atomic E-state index is -0.139. The number of carbonyl (C=O) groups excluding carboxylic acids is 1. The normalized spacial score (nSPS) is 13.1. The Morgan fingerprint density at radius 3 is 2.71 bits per heavy atom. The van der Waals surface area contributed by atoms with Crippen molar-refractivity contribution in [2.75, 3.05) is 26.0 Å². The number of nitrogens with one attached hydrogen (secondary N) is 1. The third-order valence-electron chi connectivity index (χ3n) is 2.02. The summed E-state index contributed by atoms with van der Waals surface area (Å²) in [5.41, 5.74) is 0. The molecule has 0 radical (unpaired) electrons. The van der Waals surface area contributed by atoms with Crippen molar-refractivity contribution in [2.24, 2.45) is 0 Å². The largest absolute Gasteiger partial charge is 0.345 e. The van der Waals surface area contributed by atoms with Crippen LogP contribution in [-0.2, 0) is 4.79 Å². The van der Waals surface area contributed by atoms with E-state index in [2.05, 4.69) is 5.32 Å². The SMILES string of the molecule is CCN(C)C(=O)C(C)NC/C=C/CCl. The number of likely N-dealkylation sites (N-methyl/N-ethyl adjacent to an activating group) is 1. The lowest BCUT2D eigenvalue weighted by Gasteiger charge is -2.19. The second-order valence-electron chi connectivity index (χ2n) is 3.11. The smallest absolute Gasteiger partial charge is 0.239 e. The molecule has 1 atom stereocenters. The summed E-state index contributed by atoms with van der Waals surface area (Å²) >= 11 is 5.46. The van der Waals surface area contributed by atoms with E-state index >= 15 is 0 Å². The van der Waals surface area contributed by atoms with Gasteiger partial charge in [0.2, 0.25) is 5.91 Å². The minimum absolute atomic E-state index is 0.117. The number of nitrogens with zero attached hydrogens (tertiary/aromatic N) is 1. The van der Waals surface area contributed by atoms with Crippen LogP contribution >= 0.6 is 11.6 Å². The zero-order chi connectivity index (χ0) is 11.0. The monoisotopic (exact) mass is 218 g/mol. The summed E-state index contributed by atoms with van der Waals surface area (Å²) in [7, 11) is 1.80. The molecule has 0 aromatic carbocycles. The molecular formula is C10H19ClN2O. The molecule has 0 aromatic heterocycles. The van der Waals surface area contributed by atoms with Gasteiger partial charge in [-0.3, -0.25) is 4.79 Å². The van der Waals surface area contributed by atoms with Gasteiger partial charge in [-0.25, -0.2) is 0 Å². The summed E-state index contributed by atoms with van der Waals surface area (Å²) in [5.74, 6) is 0.630. The Balaban J connectivity index is 3.78. The number of rotatable bonds is 6. The number of carbonyl (C=O) groups is 1. The topological polar surface area (TPSA) is 32.3 Å². The molecule has 3 nitrogen and oxygen atoms in total. The molecule has 0 aliphatic rings. The van der Waals surface area contributed by atoms with E-state index < -0.39 is 0 Å². The second-order valence-corrected chi connectivity index (χ2v) is 3.42. The number of hydrogen-bond donors (Lipinski definition) is 1. The highest BCUT2D eigenvalue weighted by atomic mass is 35.5. The molecule has 1 unspecified atom stereocenters. The van der Waals surface area contributed by atoms with Crippen LogP contribution in [0.25, 0.3) is 0 Å². The Kier molecular flexibility index (Phi) is 7.52. The average Bonchev–Trinajstić information content (AvgIpc) is 2.21. The van der Waals surface area contributed by atoms with E-state index in [1.807, 2.05) is 26.0 Å². The van der Waals surface area contributed by atoms with Crippen LogP contribution in [0.5, 0.6) is 0 Å². The van der Waals surface area contributed by atoms with Gasteiger partial charge in [0.1, 0.15) is 0 Å². The molecule has 0 heterocycles. The third-order valence-corrected chi connectivity index (χ3v) is 2.20. The number of allylic oxidation sites excluding steroid dienone is 1. The predicted molar refractivity (Wildman–Crippen MR) is 60.6 cm³/mol. The van der Waals surface area contributed by atoms with Crippen LogP contribution in [0.2, 0.25) is 0 Å². The van der Waals surface area contributed by atoms with Gasteiger partial charge < -0.3 is 10.2 Å². The number of hydrogen-bond acceptors (Lipinski definition) is 2. The maximum Gasteiger partial charge on any atom is 0.239 e. The van der Waals surface area contributed by atoms with Gasteiger partial charge in [-0.2, -0.15) is 0 Å². The highest BCUT2D eigenvalue weighted by Gasteiger charge is 2.14. The van der Waals surface area contributed by atoms with Gasteiger partial charge in [-0.05, 0) is 13.8 Å². The van der Waals surface area contributed by atoms with E-state index in [-0.39, 0.29) is 11.9 Å². The molecule has 0 bridgehead atoms. The van der Waals surface area contributed by atoms with Crippen molar-refractivity contribution in [3.8, 4) is 0 Å². The lowest BCUT2D eigenvalue weighted by atomic mass is 10.3. The van der Waals surface area contributed by atoms with Crippen LogP contribution in [0.4, 0.5) is 0 Å². The Hall–Kier alpha value is -0.540. The summed E-state index contributed by atoms with van der Waals surface area (Å²) < 4.78 is 0. The maximum atomic E-state index is 11.6. The molecule has 14 heavy (non-hydrogen) atoms. The van der Waals surface area contributed by atoms with Crippen molar-refractivity contribution in [1.29, 1.82) is 0 Å². The highest BCUT2D eigenvalue weighted by Crippen LogP contribution is 1.91. The lowest BCUT2D eigenvalue weighted by molar-refractivity contribution is -0.131. The molecule has 0 saturated carbocycles. The van der Waals surface area contributed by atoms with Crippen molar-refractivity contribution < 1.29 is 4.79 Å². The van der Waals surface area contributed by atoms with Crippen LogP contribution in [0.3, 0.4) is 0 Å². The predicted octanol–water partition coefficient (Wildman–Crippen LogP) is 1.24. The van der Waals surface area contributed by atoms with Gasteiger partial charge >= 0.3 is 0 Å². The first-order valence-electron chi connectivity index (χ1n) is 4.82. The molecule has 0 fully saturated rings. The van der Waals surface area contributed by atoms with Gasteiger partial charge in [-0.15, -0.1) is 11.6 Å². The first-order valence-corrected chi connectivity index (χ1v) is 5.36. The van der Waals surface area contributed by atoms with Crippen molar-refractivity contribution in [3.63, 3.8) is 0 Å². The molecule has 0 rings (SSSR count). The standard InChI is InChI=1S/C10H19ClN2O/c1-4-13(3)10(14)9(2)12-8-6-5-7-11/h5-6,9,12H,4,7-8H2,1-3H3/b6-5+. The number of amides is 1. The van der Waals surface area contributed by atoms with E-state index in [9.17, 15) is 4.79 Å². The fourth-order valence-electron chi connectivity index (χ4n) is 0.965. The fourth-order valence-corrected chi connectivity index (χ4v) is 1.09. The molecule has 0 aliphatic carbocycles. The Morgan fingerprint density at radius 1 is 1.57 bits per heavy atom. The average molecular weight is 219 g/mol. The van der Waals surface area contributed by atoms with Crippen molar-refractivity contribution >= 4 is 17.5 Å². The van der Waals surface area contributed by atoms with Crippen LogP contribution in [0.15, 0.2) is 12.2 Å². The summed E-state index contributed by atoms with van der Waals surface area (Å²) in [5, 5.41) is 3.10. The van der Waals surface area contributed by atoms with E-state index in [1.54, 1.807) is 11.9 Å².